The zero-order chi connectivity index (χ0) is 14.3. The molecule has 0 radical (unpaired) electrons. The van der Waals surface area contributed by atoms with Crippen LogP contribution < -0.4 is 10.1 Å². The number of nitro groups is 1. The van der Waals surface area contributed by atoms with Crippen LogP contribution in [0.3, 0.4) is 0 Å². The highest BCUT2D eigenvalue weighted by Gasteiger charge is 2.17. The Balaban J connectivity index is 2.82. The lowest BCUT2D eigenvalue weighted by molar-refractivity contribution is -0.385. The summed E-state index contributed by atoms with van der Waals surface area (Å²) in [5, 5.41) is 13.8. The standard InChI is InChI=1S/C12H16N2O5/c1-3-18-12(15)8-19-11-5-4-9(7-13-2)6-10(11)14(16)17/h4-6,13H,3,7-8H2,1-2H3. The van der Waals surface area contributed by atoms with Gasteiger partial charge in [-0.15, -0.1) is 0 Å². The number of hydrogen-bond donors (Lipinski definition) is 1. The maximum Gasteiger partial charge on any atom is 0.344 e. The third-order valence-corrected chi connectivity index (χ3v) is 2.25. The van der Waals surface area contributed by atoms with E-state index >= 15 is 0 Å². The molecular weight excluding hydrogens is 252 g/mol. The van der Waals surface area contributed by atoms with Crippen molar-refractivity contribution in [3.8, 4) is 5.75 Å². The Labute approximate surface area is 110 Å². The van der Waals surface area contributed by atoms with Crippen LogP contribution in [0.1, 0.15) is 12.5 Å². The van der Waals surface area contributed by atoms with Gasteiger partial charge in [0.05, 0.1) is 11.5 Å². The third kappa shape index (κ3) is 4.55. The number of nitrogens with zero attached hydrogens (tertiary/aromatic N) is 1. The minimum absolute atomic E-state index is 0.0536. The molecule has 104 valence electrons. The number of nitro benzene ring substituents is 1. The first-order valence-electron chi connectivity index (χ1n) is 5.78. The first-order chi connectivity index (χ1) is 9.08. The van der Waals surface area contributed by atoms with Gasteiger partial charge in [-0.2, -0.15) is 0 Å². The normalized spacial score (nSPS) is 10.0. The van der Waals surface area contributed by atoms with Crippen molar-refractivity contribution in [3.05, 3.63) is 33.9 Å². The van der Waals surface area contributed by atoms with Gasteiger partial charge < -0.3 is 14.8 Å². The van der Waals surface area contributed by atoms with E-state index in [0.29, 0.717) is 6.54 Å². The summed E-state index contributed by atoms with van der Waals surface area (Å²) in [5.41, 5.74) is 0.592. The summed E-state index contributed by atoms with van der Waals surface area (Å²) in [6, 6.07) is 4.59. The number of hydrogen-bond acceptors (Lipinski definition) is 6. The highest BCUT2D eigenvalue weighted by Crippen LogP contribution is 2.27. The molecule has 0 unspecified atom stereocenters. The van der Waals surface area contributed by atoms with Crippen LogP contribution in [0.2, 0.25) is 0 Å². The maximum atomic E-state index is 11.1. The van der Waals surface area contributed by atoms with Crippen LogP contribution in [0.5, 0.6) is 5.75 Å². The van der Waals surface area contributed by atoms with E-state index in [1.54, 1.807) is 20.0 Å². The molecule has 0 saturated carbocycles. The predicted molar refractivity (Wildman–Crippen MR) is 68.0 cm³/mol. The number of carbonyl (C=O) groups is 1. The molecule has 0 spiro atoms. The number of rotatable bonds is 7. The second-order valence-corrected chi connectivity index (χ2v) is 3.68. The molecule has 0 aliphatic rings. The molecule has 0 fully saturated rings. The molecule has 7 heteroatoms. The number of carbonyl (C=O) groups excluding carboxylic acids is 1. The van der Waals surface area contributed by atoms with Gasteiger partial charge in [-0.3, -0.25) is 10.1 Å². The Kier molecular flexibility index (Phi) is 5.74. The van der Waals surface area contributed by atoms with Crippen LogP contribution >= 0.6 is 0 Å². The summed E-state index contributed by atoms with van der Waals surface area (Å²) in [6.07, 6.45) is 0. The molecule has 0 bridgehead atoms. The Bertz CT molecular complexity index is 461. The minimum Gasteiger partial charge on any atom is -0.475 e. The zero-order valence-electron chi connectivity index (χ0n) is 10.8. The maximum absolute atomic E-state index is 11.1. The van der Waals surface area contributed by atoms with E-state index in [1.165, 1.54) is 12.1 Å². The van der Waals surface area contributed by atoms with Crippen molar-refractivity contribution in [3.63, 3.8) is 0 Å². The van der Waals surface area contributed by atoms with Gasteiger partial charge in [-0.1, -0.05) is 6.07 Å². The van der Waals surface area contributed by atoms with Crippen molar-refractivity contribution >= 4 is 11.7 Å². The Morgan fingerprint density at radius 1 is 1.47 bits per heavy atom. The van der Waals surface area contributed by atoms with Gasteiger partial charge >= 0.3 is 11.7 Å². The summed E-state index contributed by atoms with van der Waals surface area (Å²) < 4.78 is 9.79. The largest absolute Gasteiger partial charge is 0.475 e. The van der Waals surface area contributed by atoms with E-state index in [1.807, 2.05) is 0 Å². The summed E-state index contributed by atoms with van der Waals surface area (Å²) in [4.78, 5) is 21.5. The van der Waals surface area contributed by atoms with Crippen molar-refractivity contribution in [2.45, 2.75) is 13.5 Å². The van der Waals surface area contributed by atoms with Crippen LogP contribution in [-0.4, -0.2) is 31.2 Å². The van der Waals surface area contributed by atoms with Gasteiger partial charge in [0, 0.05) is 12.6 Å². The molecule has 0 atom stereocenters. The molecule has 1 aromatic carbocycles. The average Bonchev–Trinajstić information content (AvgIpc) is 2.37. The van der Waals surface area contributed by atoms with Gasteiger partial charge in [0.15, 0.2) is 12.4 Å². The summed E-state index contributed by atoms with van der Waals surface area (Å²) >= 11 is 0. The van der Waals surface area contributed by atoms with Crippen LogP contribution in [0.4, 0.5) is 5.69 Å². The molecule has 0 aliphatic carbocycles. The van der Waals surface area contributed by atoms with E-state index in [2.05, 4.69) is 10.1 Å². The number of nitrogens with one attached hydrogen (secondary N) is 1. The summed E-state index contributed by atoms with van der Waals surface area (Å²) in [7, 11) is 1.75. The highest BCUT2D eigenvalue weighted by molar-refractivity contribution is 5.71. The predicted octanol–water partition coefficient (Wildman–Crippen LogP) is 1.26. The molecule has 0 aromatic heterocycles. The highest BCUT2D eigenvalue weighted by atomic mass is 16.6. The van der Waals surface area contributed by atoms with Gasteiger partial charge in [-0.05, 0) is 25.6 Å². The van der Waals surface area contributed by atoms with Gasteiger partial charge in [0.1, 0.15) is 0 Å². The first kappa shape index (κ1) is 14.9. The first-order valence-corrected chi connectivity index (χ1v) is 5.78. The van der Waals surface area contributed by atoms with Crippen LogP contribution in [0, 0.1) is 10.1 Å². The molecule has 19 heavy (non-hydrogen) atoms. The molecule has 0 amide bonds. The Hall–Kier alpha value is -2.15. The van der Waals surface area contributed by atoms with Crippen molar-refractivity contribution in [2.24, 2.45) is 0 Å². The third-order valence-electron chi connectivity index (χ3n) is 2.25. The number of benzene rings is 1. The minimum atomic E-state index is -0.559. The molecule has 7 nitrogen and oxygen atoms in total. The zero-order valence-corrected chi connectivity index (χ0v) is 10.8. The van der Waals surface area contributed by atoms with Crippen LogP contribution in [0.25, 0.3) is 0 Å². The molecule has 1 rings (SSSR count). The molecule has 1 aromatic rings. The fraction of sp³-hybridized carbons (Fsp3) is 0.417. The van der Waals surface area contributed by atoms with Gasteiger partial charge in [-0.25, -0.2) is 4.79 Å². The van der Waals surface area contributed by atoms with E-state index in [-0.39, 0.29) is 24.7 Å². The van der Waals surface area contributed by atoms with Gasteiger partial charge in [0.2, 0.25) is 0 Å². The summed E-state index contributed by atoms with van der Waals surface area (Å²) in [5.74, 6) is -0.506. The van der Waals surface area contributed by atoms with Crippen molar-refractivity contribution in [1.82, 2.24) is 5.32 Å². The lowest BCUT2D eigenvalue weighted by atomic mass is 10.2. The molecule has 0 saturated heterocycles. The fourth-order valence-electron chi connectivity index (χ4n) is 1.48. The van der Waals surface area contributed by atoms with Crippen LogP contribution in [-0.2, 0) is 16.1 Å². The van der Waals surface area contributed by atoms with E-state index in [4.69, 9.17) is 4.74 Å². The lowest BCUT2D eigenvalue weighted by Crippen LogP contribution is -2.15. The van der Waals surface area contributed by atoms with E-state index < -0.39 is 10.9 Å². The van der Waals surface area contributed by atoms with Crippen molar-refractivity contribution < 1.29 is 19.2 Å². The van der Waals surface area contributed by atoms with Gasteiger partial charge in [0.25, 0.3) is 0 Å². The lowest BCUT2D eigenvalue weighted by Gasteiger charge is -2.07. The quantitative estimate of drug-likeness (QED) is 0.454. The average molecular weight is 268 g/mol. The second-order valence-electron chi connectivity index (χ2n) is 3.68. The molecule has 0 aliphatic heterocycles. The number of esters is 1. The topological polar surface area (TPSA) is 90.7 Å². The summed E-state index contributed by atoms with van der Waals surface area (Å²) in [6.45, 7) is 2.08. The monoisotopic (exact) mass is 268 g/mol. The van der Waals surface area contributed by atoms with E-state index in [9.17, 15) is 14.9 Å². The van der Waals surface area contributed by atoms with E-state index in [0.717, 1.165) is 5.56 Å². The van der Waals surface area contributed by atoms with Crippen LogP contribution in [0.15, 0.2) is 18.2 Å². The SMILES string of the molecule is CCOC(=O)COc1ccc(CNC)cc1[N+](=O)[O-]. The number of ether oxygens (including phenoxy) is 2. The van der Waals surface area contributed by atoms with Crippen molar-refractivity contribution in [2.75, 3.05) is 20.3 Å². The second kappa shape index (κ2) is 7.32. The Morgan fingerprint density at radius 3 is 2.79 bits per heavy atom. The molecular formula is C12H16N2O5. The van der Waals surface area contributed by atoms with Crippen molar-refractivity contribution in [1.29, 1.82) is 0 Å². The fourth-order valence-corrected chi connectivity index (χ4v) is 1.48. The molecule has 0 heterocycles. The Morgan fingerprint density at radius 2 is 2.21 bits per heavy atom. The smallest absolute Gasteiger partial charge is 0.344 e. The molecule has 1 N–H and O–H groups in total.